The molecular weight excluding hydrogens is 244 g/mol. The van der Waals surface area contributed by atoms with E-state index in [9.17, 15) is 9.00 Å². The van der Waals surface area contributed by atoms with Crippen LogP contribution in [-0.2, 0) is 28.4 Å². The lowest BCUT2D eigenvalue weighted by Crippen LogP contribution is -2.29. The Morgan fingerprint density at radius 3 is 2.67 bits per heavy atom. The average Bonchev–Trinajstić information content (AvgIpc) is 2.85. The minimum Gasteiger partial charge on any atom is -0.298 e. The van der Waals surface area contributed by atoms with E-state index >= 15 is 0 Å². The van der Waals surface area contributed by atoms with Crippen molar-refractivity contribution in [3.8, 4) is 0 Å². The van der Waals surface area contributed by atoms with Crippen LogP contribution in [0, 0.1) is 0 Å². The van der Waals surface area contributed by atoms with Gasteiger partial charge in [0, 0.05) is 11.3 Å². The number of benzene rings is 1. The van der Waals surface area contributed by atoms with Gasteiger partial charge in [0.1, 0.15) is 5.78 Å². The lowest BCUT2D eigenvalue weighted by atomic mass is 9.99. The summed E-state index contributed by atoms with van der Waals surface area (Å²) in [5, 5.41) is -0.252. The fourth-order valence-corrected chi connectivity index (χ4v) is 4.54. The Morgan fingerprint density at radius 1 is 1.00 bits per heavy atom. The van der Waals surface area contributed by atoms with Crippen molar-refractivity contribution in [3.05, 3.63) is 29.3 Å². The van der Waals surface area contributed by atoms with E-state index in [1.165, 1.54) is 17.5 Å². The van der Waals surface area contributed by atoms with E-state index in [-0.39, 0.29) is 11.0 Å². The third-order valence-electron chi connectivity index (χ3n) is 4.06. The molecule has 0 aliphatic heterocycles. The molecule has 0 amide bonds. The fraction of sp³-hybridized carbons (Fsp3) is 0.533. The van der Waals surface area contributed by atoms with Gasteiger partial charge in [-0.05, 0) is 55.4 Å². The normalized spacial score (nSPS) is 24.9. The van der Waals surface area contributed by atoms with Crippen molar-refractivity contribution in [1.29, 1.82) is 0 Å². The summed E-state index contributed by atoms with van der Waals surface area (Å²) in [6.07, 6.45) is 6.85. The van der Waals surface area contributed by atoms with Crippen molar-refractivity contribution in [2.24, 2.45) is 0 Å². The van der Waals surface area contributed by atoms with Gasteiger partial charge in [-0.3, -0.25) is 9.00 Å². The topological polar surface area (TPSA) is 34.1 Å². The smallest absolute Gasteiger partial charge is 0.148 e. The first-order chi connectivity index (χ1) is 8.75. The van der Waals surface area contributed by atoms with E-state index < -0.39 is 10.8 Å². The zero-order valence-corrected chi connectivity index (χ0v) is 11.3. The van der Waals surface area contributed by atoms with Gasteiger partial charge in [-0.25, -0.2) is 0 Å². The Hall–Kier alpha value is -0.960. The van der Waals surface area contributed by atoms with Crippen molar-refractivity contribution >= 4 is 16.6 Å². The third kappa shape index (κ3) is 2.16. The van der Waals surface area contributed by atoms with Gasteiger partial charge in [0.2, 0.25) is 0 Å². The summed E-state index contributed by atoms with van der Waals surface area (Å²) < 4.78 is 12.5. The number of hydrogen-bond donors (Lipinski definition) is 0. The van der Waals surface area contributed by atoms with Crippen LogP contribution in [0.1, 0.15) is 43.2 Å². The molecule has 2 nitrogen and oxygen atoms in total. The zero-order chi connectivity index (χ0) is 12.5. The molecule has 3 rings (SSSR count). The standard InChI is InChI=1S/C15H18O2S/c16-14-6-1-2-7-15(14)18(17)13-9-8-11-4-3-5-12(11)10-13/h8-10,15H,1-7H2. The van der Waals surface area contributed by atoms with Gasteiger partial charge in [0.15, 0.2) is 0 Å². The van der Waals surface area contributed by atoms with E-state index in [4.69, 9.17) is 0 Å². The molecule has 2 aliphatic rings. The number of fused-ring (bicyclic) bond motifs is 1. The largest absolute Gasteiger partial charge is 0.298 e. The maximum Gasteiger partial charge on any atom is 0.148 e. The lowest BCUT2D eigenvalue weighted by Gasteiger charge is -2.20. The van der Waals surface area contributed by atoms with E-state index in [0.717, 1.165) is 37.0 Å². The highest BCUT2D eigenvalue weighted by molar-refractivity contribution is 7.86. The Kier molecular flexibility index (Phi) is 3.33. The molecule has 2 atom stereocenters. The quantitative estimate of drug-likeness (QED) is 0.821. The molecule has 1 saturated carbocycles. The summed E-state index contributed by atoms with van der Waals surface area (Å²) in [6.45, 7) is 0. The molecule has 1 aromatic rings. The summed E-state index contributed by atoms with van der Waals surface area (Å²) >= 11 is 0. The predicted molar refractivity (Wildman–Crippen MR) is 72.1 cm³/mol. The van der Waals surface area contributed by atoms with Crippen LogP contribution >= 0.6 is 0 Å². The van der Waals surface area contributed by atoms with E-state index in [2.05, 4.69) is 12.1 Å². The number of carbonyl (C=O) groups is 1. The number of aryl methyl sites for hydroxylation is 2. The molecule has 3 heteroatoms. The second-order valence-electron chi connectivity index (χ2n) is 5.28. The number of rotatable bonds is 2. The Morgan fingerprint density at radius 2 is 1.83 bits per heavy atom. The summed E-state index contributed by atoms with van der Waals surface area (Å²) in [5.74, 6) is 0.195. The molecule has 0 radical (unpaired) electrons. The van der Waals surface area contributed by atoms with Crippen molar-refractivity contribution in [2.75, 3.05) is 0 Å². The van der Waals surface area contributed by atoms with Crippen molar-refractivity contribution in [2.45, 2.75) is 55.1 Å². The first-order valence-corrected chi connectivity index (χ1v) is 8.02. The maximum atomic E-state index is 12.5. The molecule has 0 spiro atoms. The monoisotopic (exact) mass is 262 g/mol. The minimum absolute atomic E-state index is 0.195. The number of Topliss-reactive ketones (excluding diaryl/α,β-unsaturated/α-hetero) is 1. The van der Waals surface area contributed by atoms with Gasteiger partial charge < -0.3 is 0 Å². The van der Waals surface area contributed by atoms with Gasteiger partial charge in [-0.2, -0.15) is 0 Å². The van der Waals surface area contributed by atoms with Crippen LogP contribution < -0.4 is 0 Å². The Balaban J connectivity index is 1.85. The SMILES string of the molecule is O=C1CCCCC1S(=O)c1ccc2c(c1)CCC2. The van der Waals surface area contributed by atoms with E-state index in [1.54, 1.807) is 0 Å². The molecule has 1 aromatic carbocycles. The molecule has 2 unspecified atom stereocenters. The second kappa shape index (κ2) is 4.96. The highest BCUT2D eigenvalue weighted by Crippen LogP contribution is 2.28. The first kappa shape index (κ1) is 12.1. The van der Waals surface area contributed by atoms with Gasteiger partial charge in [-0.1, -0.05) is 12.5 Å². The van der Waals surface area contributed by atoms with Crippen LogP contribution in [0.2, 0.25) is 0 Å². The molecule has 2 aliphatic carbocycles. The van der Waals surface area contributed by atoms with Crippen LogP contribution in [0.15, 0.2) is 23.1 Å². The first-order valence-electron chi connectivity index (χ1n) is 6.81. The van der Waals surface area contributed by atoms with Crippen LogP contribution in [0.3, 0.4) is 0 Å². The Labute approximate surface area is 110 Å². The van der Waals surface area contributed by atoms with Gasteiger partial charge in [-0.15, -0.1) is 0 Å². The van der Waals surface area contributed by atoms with Crippen LogP contribution in [0.5, 0.6) is 0 Å². The molecular formula is C15H18O2S. The lowest BCUT2D eigenvalue weighted by molar-refractivity contribution is -0.119. The summed E-state index contributed by atoms with van der Waals surface area (Å²) in [5.41, 5.74) is 2.73. The maximum absolute atomic E-state index is 12.5. The number of hydrogen-bond acceptors (Lipinski definition) is 2. The molecule has 96 valence electrons. The average molecular weight is 262 g/mol. The summed E-state index contributed by atoms with van der Waals surface area (Å²) in [4.78, 5) is 12.7. The van der Waals surface area contributed by atoms with Gasteiger partial charge in [0.05, 0.1) is 16.0 Å². The van der Waals surface area contributed by atoms with Crippen molar-refractivity contribution < 1.29 is 9.00 Å². The predicted octanol–water partition coefficient (Wildman–Crippen LogP) is 2.79. The van der Waals surface area contributed by atoms with Crippen LogP contribution in [-0.4, -0.2) is 15.2 Å². The zero-order valence-electron chi connectivity index (χ0n) is 10.5. The van der Waals surface area contributed by atoms with Crippen molar-refractivity contribution in [1.82, 2.24) is 0 Å². The second-order valence-corrected chi connectivity index (χ2v) is 6.92. The highest BCUT2D eigenvalue weighted by Gasteiger charge is 2.29. The summed E-state index contributed by atoms with van der Waals surface area (Å²) in [6, 6.07) is 6.13. The Bertz CT molecular complexity index is 507. The van der Waals surface area contributed by atoms with E-state index in [1.807, 2.05) is 6.07 Å². The molecule has 0 aromatic heterocycles. The fourth-order valence-electron chi connectivity index (χ4n) is 3.01. The third-order valence-corrected chi connectivity index (χ3v) is 5.79. The molecule has 0 bridgehead atoms. The highest BCUT2D eigenvalue weighted by atomic mass is 32.2. The molecule has 0 N–H and O–H groups in total. The summed E-state index contributed by atoms with van der Waals surface area (Å²) in [7, 11) is -1.14. The number of carbonyl (C=O) groups excluding carboxylic acids is 1. The number of ketones is 1. The van der Waals surface area contributed by atoms with E-state index in [0.29, 0.717) is 6.42 Å². The molecule has 0 heterocycles. The molecule has 1 fully saturated rings. The van der Waals surface area contributed by atoms with Crippen molar-refractivity contribution in [3.63, 3.8) is 0 Å². The molecule has 0 saturated heterocycles. The minimum atomic E-state index is -1.14. The molecule has 18 heavy (non-hydrogen) atoms. The van der Waals surface area contributed by atoms with Crippen LogP contribution in [0.4, 0.5) is 0 Å². The van der Waals surface area contributed by atoms with Gasteiger partial charge in [0.25, 0.3) is 0 Å². The van der Waals surface area contributed by atoms with Gasteiger partial charge >= 0.3 is 0 Å². The van der Waals surface area contributed by atoms with Crippen LogP contribution in [0.25, 0.3) is 0 Å².